The van der Waals surface area contributed by atoms with Gasteiger partial charge in [0, 0.05) is 6.54 Å². The van der Waals surface area contributed by atoms with Crippen molar-refractivity contribution in [3.05, 3.63) is 29.8 Å². The summed E-state index contributed by atoms with van der Waals surface area (Å²) < 4.78 is 0. The molecule has 22 heteroatoms. The smallest absolute Gasteiger partial charge is 0.326 e. The first-order chi connectivity index (χ1) is 25.4. The van der Waals surface area contributed by atoms with Crippen LogP contribution in [0.5, 0.6) is 5.75 Å². The van der Waals surface area contributed by atoms with E-state index in [1.54, 1.807) is 26.0 Å². The zero-order valence-corrected chi connectivity index (χ0v) is 29.9. The van der Waals surface area contributed by atoms with Crippen molar-refractivity contribution < 1.29 is 58.8 Å². The van der Waals surface area contributed by atoms with E-state index >= 15 is 0 Å². The highest BCUT2D eigenvalue weighted by Gasteiger charge is 2.30. The summed E-state index contributed by atoms with van der Waals surface area (Å²) in [5, 5.41) is 50.9. The standard InChI is InChI=1S/C32H50N10O12/c1-3-16(2)26(42-27(49)19(33)11-17-6-8-18(44)9-7-17)30(52)38-14-24(46)40-22(15-43)29(51)41-20(5-4-10-36-32(34)35)28(50)37-13-23(45)39-21(31(53)54)12-25(47)48/h6-9,16,19-22,26,43-44H,3-5,10-15,33H2,1-2H3,(H,37,50)(H,38,52)(H,39,45)(H,40,46)(H,41,51)(H,42,49)(H,47,48)(H,53,54)(H4,34,35,36)/t16-,19-,20-,21-,22-,26-/m0/s1. The number of aliphatic hydroxyl groups excluding tert-OH is 1. The number of phenolic OH excluding ortho intramolecular Hbond substituents is 1. The number of nitrogens with zero attached hydrogens (tertiary/aromatic N) is 1. The van der Waals surface area contributed by atoms with Crippen LogP contribution in [0.1, 0.15) is 45.1 Å². The molecule has 0 radical (unpaired) electrons. The van der Waals surface area contributed by atoms with Crippen molar-refractivity contribution in [3.8, 4) is 5.75 Å². The molecule has 0 aliphatic carbocycles. The minimum Gasteiger partial charge on any atom is -0.508 e. The van der Waals surface area contributed by atoms with Gasteiger partial charge in [0.2, 0.25) is 35.4 Å². The maximum Gasteiger partial charge on any atom is 0.326 e. The van der Waals surface area contributed by atoms with Crippen molar-refractivity contribution in [1.82, 2.24) is 31.9 Å². The van der Waals surface area contributed by atoms with Gasteiger partial charge in [0.05, 0.1) is 32.2 Å². The third kappa shape index (κ3) is 17.5. The molecule has 300 valence electrons. The lowest BCUT2D eigenvalue weighted by Gasteiger charge is -2.25. The first kappa shape index (κ1) is 46.0. The molecule has 54 heavy (non-hydrogen) atoms. The molecule has 1 aromatic rings. The number of carbonyl (C=O) groups is 8. The molecule has 0 aliphatic heterocycles. The van der Waals surface area contributed by atoms with Gasteiger partial charge in [0.1, 0.15) is 29.9 Å². The predicted molar refractivity (Wildman–Crippen MR) is 190 cm³/mol. The van der Waals surface area contributed by atoms with Crippen LogP contribution in [-0.2, 0) is 44.8 Å². The summed E-state index contributed by atoms with van der Waals surface area (Å²) in [6.45, 7) is 1.09. The second-order valence-electron chi connectivity index (χ2n) is 12.2. The van der Waals surface area contributed by atoms with E-state index in [9.17, 15) is 48.6 Å². The fraction of sp³-hybridized carbons (Fsp3) is 0.531. The number of amides is 6. The Labute approximate surface area is 310 Å². The van der Waals surface area contributed by atoms with E-state index in [1.165, 1.54) is 12.1 Å². The van der Waals surface area contributed by atoms with Crippen LogP contribution in [0.2, 0.25) is 0 Å². The van der Waals surface area contributed by atoms with E-state index in [2.05, 4.69) is 31.6 Å². The van der Waals surface area contributed by atoms with Gasteiger partial charge in [0.25, 0.3) is 0 Å². The lowest BCUT2D eigenvalue weighted by atomic mass is 9.97. The molecule has 0 unspecified atom stereocenters. The summed E-state index contributed by atoms with van der Waals surface area (Å²) in [6, 6.07) is -0.846. The van der Waals surface area contributed by atoms with E-state index in [-0.39, 0.29) is 37.5 Å². The zero-order chi connectivity index (χ0) is 41.0. The second kappa shape index (κ2) is 23.5. The number of carboxylic acid groups (broad SMARTS) is 2. The maximum absolute atomic E-state index is 13.1. The molecule has 0 saturated carbocycles. The topological polar surface area (TPSA) is 380 Å². The minimum absolute atomic E-state index is 0.0280. The van der Waals surface area contributed by atoms with Crippen molar-refractivity contribution >= 4 is 53.3 Å². The summed E-state index contributed by atoms with van der Waals surface area (Å²) in [5.41, 5.74) is 17.3. The monoisotopic (exact) mass is 766 g/mol. The third-order valence-electron chi connectivity index (χ3n) is 7.79. The molecule has 0 heterocycles. The minimum atomic E-state index is -1.78. The third-order valence-corrected chi connectivity index (χ3v) is 7.79. The Bertz CT molecular complexity index is 1500. The van der Waals surface area contributed by atoms with E-state index in [4.69, 9.17) is 27.4 Å². The number of aromatic hydroxyl groups is 1. The van der Waals surface area contributed by atoms with Crippen LogP contribution >= 0.6 is 0 Å². The number of aliphatic hydroxyl groups is 1. The van der Waals surface area contributed by atoms with Gasteiger partial charge in [-0.15, -0.1) is 0 Å². The number of aliphatic carboxylic acids is 2. The highest BCUT2D eigenvalue weighted by Crippen LogP contribution is 2.12. The Morgan fingerprint density at radius 2 is 1.35 bits per heavy atom. The van der Waals surface area contributed by atoms with E-state index < -0.39 is 110 Å². The van der Waals surface area contributed by atoms with Crippen LogP contribution in [0.4, 0.5) is 0 Å². The fourth-order valence-corrected chi connectivity index (χ4v) is 4.61. The van der Waals surface area contributed by atoms with Gasteiger partial charge in [-0.25, -0.2) is 4.79 Å². The Morgan fingerprint density at radius 3 is 1.87 bits per heavy atom. The largest absolute Gasteiger partial charge is 0.508 e. The number of hydrogen-bond acceptors (Lipinski definition) is 12. The van der Waals surface area contributed by atoms with Crippen molar-refractivity contribution in [1.29, 1.82) is 0 Å². The molecule has 0 fully saturated rings. The predicted octanol–water partition coefficient (Wildman–Crippen LogP) is -4.92. The number of guanidine groups is 1. The Hall–Kier alpha value is -6.03. The Morgan fingerprint density at radius 1 is 0.778 bits per heavy atom. The summed E-state index contributed by atoms with van der Waals surface area (Å²) in [6.07, 6.45) is -0.341. The van der Waals surface area contributed by atoms with Crippen molar-refractivity contribution in [2.45, 2.75) is 76.2 Å². The SMILES string of the molecule is CC[C@H](C)[C@H](NC(=O)[C@@H](N)Cc1ccc(O)cc1)C(=O)NCC(=O)N[C@@H](CO)C(=O)N[C@@H](CCCN=C(N)N)C(=O)NCC(=O)N[C@@H](CC(=O)O)C(=O)O. The average Bonchev–Trinajstić information content (AvgIpc) is 3.11. The van der Waals surface area contributed by atoms with Crippen molar-refractivity contribution in [2.24, 2.45) is 28.1 Å². The van der Waals surface area contributed by atoms with E-state index in [0.717, 1.165) is 0 Å². The second-order valence-corrected chi connectivity index (χ2v) is 12.2. The van der Waals surface area contributed by atoms with Gasteiger partial charge < -0.3 is 69.5 Å². The number of benzene rings is 1. The molecular formula is C32H50N10O12. The lowest BCUT2D eigenvalue weighted by Crippen LogP contribution is -2.58. The normalized spacial score (nSPS) is 14.0. The van der Waals surface area contributed by atoms with Crippen LogP contribution < -0.4 is 49.1 Å². The molecule has 0 saturated heterocycles. The summed E-state index contributed by atoms with van der Waals surface area (Å²) in [5.74, 6) is -9.01. The first-order valence-electron chi connectivity index (χ1n) is 16.8. The summed E-state index contributed by atoms with van der Waals surface area (Å²) in [4.78, 5) is 103. The van der Waals surface area contributed by atoms with Crippen LogP contribution in [0.3, 0.4) is 0 Å². The summed E-state index contributed by atoms with van der Waals surface area (Å²) >= 11 is 0. The molecule has 6 amide bonds. The number of carboxylic acids is 2. The van der Waals surface area contributed by atoms with Gasteiger partial charge in [-0.1, -0.05) is 32.4 Å². The first-order valence-corrected chi connectivity index (χ1v) is 16.8. The number of carbonyl (C=O) groups excluding carboxylic acids is 6. The molecule has 1 rings (SSSR count). The fourth-order valence-electron chi connectivity index (χ4n) is 4.61. The molecule has 22 nitrogen and oxygen atoms in total. The molecule has 0 bridgehead atoms. The molecule has 1 aromatic carbocycles. The molecule has 16 N–H and O–H groups in total. The van der Waals surface area contributed by atoms with Crippen LogP contribution in [0.25, 0.3) is 0 Å². The average molecular weight is 767 g/mol. The molecule has 0 spiro atoms. The highest BCUT2D eigenvalue weighted by molar-refractivity contribution is 5.96. The lowest BCUT2D eigenvalue weighted by molar-refractivity contribution is -0.147. The highest BCUT2D eigenvalue weighted by atomic mass is 16.4. The molecule has 0 aromatic heterocycles. The van der Waals surface area contributed by atoms with Gasteiger partial charge in [-0.05, 0) is 42.9 Å². The molecule has 6 atom stereocenters. The Kier molecular flexibility index (Phi) is 20.0. The van der Waals surface area contributed by atoms with Crippen LogP contribution in [0.15, 0.2) is 29.3 Å². The van der Waals surface area contributed by atoms with Crippen LogP contribution in [0, 0.1) is 5.92 Å². The van der Waals surface area contributed by atoms with E-state index in [1.807, 2.05) is 5.32 Å². The molecular weight excluding hydrogens is 716 g/mol. The summed E-state index contributed by atoms with van der Waals surface area (Å²) in [7, 11) is 0. The Balaban J connectivity index is 2.88. The maximum atomic E-state index is 13.1. The zero-order valence-electron chi connectivity index (χ0n) is 29.9. The quantitative estimate of drug-likeness (QED) is 0.0266. The van der Waals surface area contributed by atoms with Crippen LogP contribution in [-0.4, -0.2) is 130 Å². The van der Waals surface area contributed by atoms with Gasteiger partial charge in [-0.3, -0.25) is 38.6 Å². The number of aliphatic imine (C=N–C) groups is 1. The van der Waals surface area contributed by atoms with Gasteiger partial charge in [0.15, 0.2) is 5.96 Å². The van der Waals surface area contributed by atoms with Crippen molar-refractivity contribution in [3.63, 3.8) is 0 Å². The number of nitrogens with one attached hydrogen (secondary N) is 6. The van der Waals surface area contributed by atoms with Gasteiger partial charge >= 0.3 is 11.9 Å². The van der Waals surface area contributed by atoms with E-state index in [0.29, 0.717) is 12.0 Å². The number of nitrogens with two attached hydrogens (primary N) is 3. The number of hydrogen-bond donors (Lipinski definition) is 13. The number of rotatable bonds is 24. The number of phenols is 1. The van der Waals surface area contributed by atoms with Crippen molar-refractivity contribution in [2.75, 3.05) is 26.2 Å². The molecule has 0 aliphatic rings. The van der Waals surface area contributed by atoms with Gasteiger partial charge in [-0.2, -0.15) is 0 Å².